The number of benzene rings is 1. The number of esters is 1. The molecule has 0 N–H and O–H groups in total. The van der Waals surface area contributed by atoms with Crippen LogP contribution in [-0.4, -0.2) is 40.3 Å². The fourth-order valence-electron chi connectivity index (χ4n) is 2.61. The van der Waals surface area contributed by atoms with Crippen molar-refractivity contribution in [2.24, 2.45) is 5.92 Å². The summed E-state index contributed by atoms with van der Waals surface area (Å²) in [7, 11) is -3.40. The molecule has 0 spiro atoms. The van der Waals surface area contributed by atoms with Gasteiger partial charge in [0, 0.05) is 13.1 Å². The largest absolute Gasteiger partial charge is 0.469 e. The highest BCUT2D eigenvalue weighted by atomic mass is 32.2. The molecule has 1 heterocycles. The van der Waals surface area contributed by atoms with Crippen LogP contribution in [0.5, 0.6) is 0 Å². The Hall–Kier alpha value is -1.70. The maximum Gasteiger partial charge on any atom is 0.341 e. The second kappa shape index (κ2) is 6.60. The van der Waals surface area contributed by atoms with Crippen molar-refractivity contribution in [3.05, 3.63) is 24.3 Å². The van der Waals surface area contributed by atoms with E-state index in [1.807, 2.05) is 0 Å². The van der Waals surface area contributed by atoms with Gasteiger partial charge in [-0.25, -0.2) is 8.42 Å². The van der Waals surface area contributed by atoms with Crippen LogP contribution in [-0.2, 0) is 19.4 Å². The van der Waals surface area contributed by atoms with Crippen molar-refractivity contribution in [1.82, 2.24) is 0 Å². The first-order valence-electron chi connectivity index (χ1n) is 6.81. The number of alkyl halides is 2. The van der Waals surface area contributed by atoms with Crippen molar-refractivity contribution in [2.45, 2.75) is 23.5 Å². The van der Waals surface area contributed by atoms with Crippen molar-refractivity contribution >= 4 is 21.5 Å². The molecule has 0 saturated carbocycles. The molecule has 0 aromatic heterocycles. The van der Waals surface area contributed by atoms with E-state index in [9.17, 15) is 22.0 Å². The minimum atomic E-state index is -4.69. The normalized spacial score (nSPS) is 19.3. The summed E-state index contributed by atoms with van der Waals surface area (Å²) in [6, 6.07) is 5.63. The Morgan fingerprint density at radius 1 is 1.36 bits per heavy atom. The van der Waals surface area contributed by atoms with Crippen LogP contribution in [0.25, 0.3) is 0 Å². The smallest absolute Gasteiger partial charge is 0.341 e. The quantitative estimate of drug-likeness (QED) is 0.790. The number of ether oxygens (including phenoxy) is 1. The zero-order valence-corrected chi connectivity index (χ0v) is 12.9. The molecule has 1 aliphatic rings. The van der Waals surface area contributed by atoms with Crippen LogP contribution in [0.3, 0.4) is 0 Å². The predicted octanol–water partition coefficient (Wildman–Crippen LogP) is 2.07. The molecule has 0 radical (unpaired) electrons. The van der Waals surface area contributed by atoms with Gasteiger partial charge in [-0.1, -0.05) is 12.1 Å². The van der Waals surface area contributed by atoms with Crippen LogP contribution >= 0.6 is 0 Å². The first-order valence-corrected chi connectivity index (χ1v) is 8.36. The number of rotatable bonds is 4. The lowest BCUT2D eigenvalue weighted by Gasteiger charge is -2.34. The van der Waals surface area contributed by atoms with Gasteiger partial charge >= 0.3 is 11.7 Å². The number of hydrogen-bond donors (Lipinski definition) is 0. The number of sulfone groups is 1. The molecular formula is C14H17F2NO4S. The molecule has 1 atom stereocenters. The Balaban J connectivity index is 2.35. The topological polar surface area (TPSA) is 63.7 Å². The summed E-state index contributed by atoms with van der Waals surface area (Å²) in [5.74, 6) is -4.24. The lowest BCUT2D eigenvalue weighted by atomic mass is 9.98. The van der Waals surface area contributed by atoms with Crippen LogP contribution < -0.4 is 4.90 Å². The van der Waals surface area contributed by atoms with Gasteiger partial charge in [0.15, 0.2) is 0 Å². The highest BCUT2D eigenvalue weighted by Gasteiger charge is 2.33. The molecule has 0 unspecified atom stereocenters. The fourth-order valence-corrected chi connectivity index (χ4v) is 3.56. The number of halogens is 2. The number of nitrogens with zero attached hydrogens (tertiary/aromatic N) is 1. The standard InChI is InChI=1S/C14H17F2NO4S/c1-21-13(18)10-5-4-8-17(9-10)11-6-2-3-7-12(11)22(19,20)14(15)16/h2-3,6-7,10,14H,4-5,8-9H2,1H3/t10-/m0/s1. The highest BCUT2D eigenvalue weighted by Crippen LogP contribution is 2.32. The van der Waals surface area contributed by atoms with Gasteiger partial charge in [-0.15, -0.1) is 0 Å². The van der Waals surface area contributed by atoms with E-state index in [1.54, 1.807) is 11.0 Å². The molecule has 0 aliphatic carbocycles. The first-order chi connectivity index (χ1) is 10.4. The minimum absolute atomic E-state index is 0.205. The van der Waals surface area contributed by atoms with Crippen molar-refractivity contribution in [1.29, 1.82) is 0 Å². The Kier molecular flexibility index (Phi) is 5.00. The SMILES string of the molecule is COC(=O)[C@H]1CCCN(c2ccccc2S(=O)(=O)C(F)F)C1. The summed E-state index contributed by atoms with van der Waals surface area (Å²) in [6.07, 6.45) is 1.29. The summed E-state index contributed by atoms with van der Waals surface area (Å²) in [5, 5.41) is 0. The molecule has 8 heteroatoms. The van der Waals surface area contributed by atoms with E-state index >= 15 is 0 Å². The van der Waals surface area contributed by atoms with E-state index in [0.29, 0.717) is 19.4 Å². The van der Waals surface area contributed by atoms with Crippen molar-refractivity contribution in [3.63, 3.8) is 0 Å². The number of anilines is 1. The number of carbonyl (C=O) groups excluding carboxylic acids is 1. The molecule has 1 saturated heterocycles. The van der Waals surface area contributed by atoms with E-state index in [0.717, 1.165) is 0 Å². The van der Waals surface area contributed by atoms with Gasteiger partial charge in [0.25, 0.3) is 0 Å². The highest BCUT2D eigenvalue weighted by molar-refractivity contribution is 7.91. The predicted molar refractivity (Wildman–Crippen MR) is 76.6 cm³/mol. The summed E-state index contributed by atoms with van der Waals surface area (Å²) in [6.45, 7) is 0.756. The van der Waals surface area contributed by atoms with Gasteiger partial charge in [0.2, 0.25) is 9.84 Å². The van der Waals surface area contributed by atoms with Crippen molar-refractivity contribution < 1.29 is 26.7 Å². The van der Waals surface area contributed by atoms with E-state index in [4.69, 9.17) is 4.74 Å². The van der Waals surface area contributed by atoms with Gasteiger partial charge < -0.3 is 9.64 Å². The second-order valence-corrected chi connectivity index (χ2v) is 6.97. The number of para-hydroxylation sites is 1. The van der Waals surface area contributed by atoms with E-state index in [-0.39, 0.29) is 24.1 Å². The Morgan fingerprint density at radius 2 is 2.05 bits per heavy atom. The zero-order chi connectivity index (χ0) is 16.3. The summed E-state index contributed by atoms with van der Waals surface area (Å²) < 4.78 is 54.0. The van der Waals surface area contributed by atoms with E-state index in [2.05, 4.69) is 0 Å². The molecule has 2 rings (SSSR count). The minimum Gasteiger partial charge on any atom is -0.469 e. The average molecular weight is 333 g/mol. The third-order valence-corrected chi connectivity index (χ3v) is 5.13. The molecule has 0 bridgehead atoms. The average Bonchev–Trinajstić information content (AvgIpc) is 2.54. The monoisotopic (exact) mass is 333 g/mol. The molecule has 1 aromatic carbocycles. The van der Waals surface area contributed by atoms with Gasteiger partial charge in [0.05, 0.1) is 23.6 Å². The molecule has 122 valence electrons. The molecule has 1 aliphatic heterocycles. The van der Waals surface area contributed by atoms with Gasteiger partial charge in [-0.3, -0.25) is 4.79 Å². The van der Waals surface area contributed by atoms with Crippen molar-refractivity contribution in [2.75, 3.05) is 25.1 Å². The second-order valence-electron chi connectivity index (χ2n) is 5.08. The Bertz CT molecular complexity index is 648. The maximum atomic E-state index is 12.8. The van der Waals surface area contributed by atoms with E-state index in [1.165, 1.54) is 25.3 Å². The van der Waals surface area contributed by atoms with Crippen molar-refractivity contribution in [3.8, 4) is 0 Å². The molecule has 5 nitrogen and oxygen atoms in total. The summed E-state index contributed by atoms with van der Waals surface area (Å²) in [4.78, 5) is 12.9. The van der Waals surface area contributed by atoms with Gasteiger partial charge in [-0.05, 0) is 25.0 Å². The van der Waals surface area contributed by atoms with Crippen LogP contribution in [0.2, 0.25) is 0 Å². The molecular weight excluding hydrogens is 316 g/mol. The van der Waals surface area contributed by atoms with Crippen LogP contribution in [0.4, 0.5) is 14.5 Å². The van der Waals surface area contributed by atoms with Crippen LogP contribution in [0.1, 0.15) is 12.8 Å². The van der Waals surface area contributed by atoms with Crippen LogP contribution in [0, 0.1) is 5.92 Å². The number of carbonyl (C=O) groups is 1. The third kappa shape index (κ3) is 3.21. The maximum absolute atomic E-state index is 12.8. The fraction of sp³-hybridized carbons (Fsp3) is 0.500. The van der Waals surface area contributed by atoms with E-state index < -0.39 is 20.5 Å². The van der Waals surface area contributed by atoms with Gasteiger partial charge in [0.1, 0.15) is 0 Å². The lowest BCUT2D eigenvalue weighted by molar-refractivity contribution is -0.145. The number of methoxy groups -OCH3 is 1. The first kappa shape index (κ1) is 16.7. The zero-order valence-electron chi connectivity index (χ0n) is 12.0. The molecule has 0 amide bonds. The molecule has 22 heavy (non-hydrogen) atoms. The number of piperidine rings is 1. The Morgan fingerprint density at radius 3 is 2.68 bits per heavy atom. The van der Waals surface area contributed by atoms with Crippen LogP contribution in [0.15, 0.2) is 29.2 Å². The number of hydrogen-bond acceptors (Lipinski definition) is 5. The van der Waals surface area contributed by atoms with Gasteiger partial charge in [-0.2, -0.15) is 8.78 Å². The molecule has 1 aromatic rings. The summed E-state index contributed by atoms with van der Waals surface area (Å²) in [5.41, 5.74) is 0.205. The Labute approximate surface area is 127 Å². The third-order valence-electron chi connectivity index (χ3n) is 3.70. The molecule has 1 fully saturated rings. The summed E-state index contributed by atoms with van der Waals surface area (Å²) >= 11 is 0. The lowest BCUT2D eigenvalue weighted by Crippen LogP contribution is -2.39.